The minimum absolute atomic E-state index is 0.315. The van der Waals surface area contributed by atoms with Gasteiger partial charge in [0.2, 0.25) is 0 Å². The maximum absolute atomic E-state index is 11.9. The van der Waals surface area contributed by atoms with E-state index >= 15 is 0 Å². The summed E-state index contributed by atoms with van der Waals surface area (Å²) >= 11 is 0. The summed E-state index contributed by atoms with van der Waals surface area (Å²) in [6, 6.07) is 9.01. The molecule has 2 aliphatic rings. The molecule has 1 aromatic rings. The number of carbonyl (C=O) groups excluding carboxylic acids is 1. The Labute approximate surface area is 112 Å². The van der Waals surface area contributed by atoms with Crippen LogP contribution in [0.4, 0.5) is 0 Å². The van der Waals surface area contributed by atoms with Gasteiger partial charge >= 0.3 is 5.97 Å². The monoisotopic (exact) mass is 263 g/mol. The summed E-state index contributed by atoms with van der Waals surface area (Å²) in [7, 11) is 0. The van der Waals surface area contributed by atoms with Crippen LogP contribution in [0.2, 0.25) is 0 Å². The van der Waals surface area contributed by atoms with Gasteiger partial charge in [0.25, 0.3) is 0 Å². The molecule has 0 aromatic heterocycles. The Bertz CT molecular complexity index is 432. The molecule has 19 heavy (non-hydrogen) atoms. The molecule has 0 saturated carbocycles. The van der Waals surface area contributed by atoms with Crippen LogP contribution in [0.1, 0.15) is 23.2 Å². The first-order valence-corrected chi connectivity index (χ1v) is 6.58. The van der Waals surface area contributed by atoms with Crippen molar-refractivity contribution in [2.75, 3.05) is 26.3 Å². The first kappa shape index (κ1) is 12.6. The summed E-state index contributed by atoms with van der Waals surface area (Å²) in [5.41, 5.74) is 0.566. The summed E-state index contributed by atoms with van der Waals surface area (Å²) in [6.07, 6.45) is 1.46. The Hall–Kier alpha value is -1.43. The second-order valence-electron chi connectivity index (χ2n) is 4.78. The van der Waals surface area contributed by atoms with Crippen molar-refractivity contribution in [3.63, 3.8) is 0 Å². The number of nitrogens with zero attached hydrogens (tertiary/aromatic N) is 1. The van der Waals surface area contributed by atoms with Gasteiger partial charge in [0.15, 0.2) is 5.79 Å². The van der Waals surface area contributed by atoms with Crippen LogP contribution in [0, 0.1) is 0 Å². The lowest BCUT2D eigenvalue weighted by molar-refractivity contribution is -0.224. The molecule has 0 atom stereocenters. The fraction of sp³-hybridized carbons (Fsp3) is 0.500. The van der Waals surface area contributed by atoms with Crippen LogP contribution in [-0.4, -0.2) is 43.1 Å². The normalized spacial score (nSPS) is 22.5. The second-order valence-corrected chi connectivity index (χ2v) is 4.78. The molecule has 0 unspecified atom stereocenters. The van der Waals surface area contributed by atoms with E-state index in [1.807, 2.05) is 18.2 Å². The van der Waals surface area contributed by atoms with Crippen molar-refractivity contribution in [3.8, 4) is 0 Å². The van der Waals surface area contributed by atoms with E-state index in [9.17, 15) is 4.79 Å². The standard InChI is InChI=1S/C14H17NO4/c16-13(12-4-2-1-3-5-12)19-15-8-6-14(7-9-15)17-10-11-18-14/h1-5H,6-11H2. The molecule has 5 nitrogen and oxygen atoms in total. The van der Waals surface area contributed by atoms with Gasteiger partial charge in [-0.3, -0.25) is 0 Å². The van der Waals surface area contributed by atoms with Crippen LogP contribution in [0.15, 0.2) is 30.3 Å². The molecule has 2 fully saturated rings. The Morgan fingerprint density at radius 3 is 2.37 bits per heavy atom. The zero-order valence-electron chi connectivity index (χ0n) is 10.7. The first-order chi connectivity index (χ1) is 9.27. The highest BCUT2D eigenvalue weighted by molar-refractivity contribution is 5.89. The number of carbonyl (C=O) groups is 1. The predicted octanol–water partition coefficient (Wildman–Crippen LogP) is 1.60. The number of benzene rings is 1. The summed E-state index contributed by atoms with van der Waals surface area (Å²) in [5.74, 6) is -0.750. The smallest absolute Gasteiger partial charge is 0.357 e. The highest BCUT2D eigenvalue weighted by Crippen LogP contribution is 2.31. The van der Waals surface area contributed by atoms with Gasteiger partial charge in [0.05, 0.1) is 18.8 Å². The fourth-order valence-electron chi connectivity index (χ4n) is 2.45. The van der Waals surface area contributed by atoms with Crippen molar-refractivity contribution in [1.82, 2.24) is 5.06 Å². The Morgan fingerprint density at radius 1 is 1.11 bits per heavy atom. The van der Waals surface area contributed by atoms with E-state index in [1.165, 1.54) is 0 Å². The molecule has 0 bridgehead atoms. The van der Waals surface area contributed by atoms with Crippen molar-refractivity contribution < 1.29 is 19.1 Å². The lowest BCUT2D eigenvalue weighted by atomic mass is 10.1. The van der Waals surface area contributed by atoms with E-state index in [0.29, 0.717) is 31.9 Å². The van der Waals surface area contributed by atoms with Gasteiger partial charge in [-0.1, -0.05) is 18.2 Å². The molecule has 1 aromatic carbocycles. The number of hydrogen-bond donors (Lipinski definition) is 0. The topological polar surface area (TPSA) is 48.0 Å². The average Bonchev–Trinajstić information content (AvgIpc) is 2.91. The molecular formula is C14H17NO4. The van der Waals surface area contributed by atoms with Crippen molar-refractivity contribution >= 4 is 5.97 Å². The lowest BCUT2D eigenvalue weighted by Crippen LogP contribution is -2.45. The summed E-state index contributed by atoms with van der Waals surface area (Å²) in [5, 5.41) is 1.69. The van der Waals surface area contributed by atoms with Crippen molar-refractivity contribution in [1.29, 1.82) is 0 Å². The van der Waals surface area contributed by atoms with Crippen molar-refractivity contribution in [2.45, 2.75) is 18.6 Å². The van der Waals surface area contributed by atoms with E-state index in [1.54, 1.807) is 17.2 Å². The molecule has 0 aliphatic carbocycles. The quantitative estimate of drug-likeness (QED) is 0.811. The molecule has 2 aliphatic heterocycles. The average molecular weight is 263 g/mol. The van der Waals surface area contributed by atoms with Crippen molar-refractivity contribution in [2.24, 2.45) is 0 Å². The van der Waals surface area contributed by atoms with Crippen LogP contribution in [0.3, 0.4) is 0 Å². The predicted molar refractivity (Wildman–Crippen MR) is 67.3 cm³/mol. The number of hydroxylamine groups is 2. The fourth-order valence-corrected chi connectivity index (χ4v) is 2.45. The third kappa shape index (κ3) is 2.78. The minimum atomic E-state index is -0.435. The first-order valence-electron chi connectivity index (χ1n) is 6.58. The summed E-state index contributed by atoms with van der Waals surface area (Å²) < 4.78 is 11.3. The Morgan fingerprint density at radius 2 is 1.74 bits per heavy atom. The van der Waals surface area contributed by atoms with E-state index in [-0.39, 0.29) is 5.97 Å². The van der Waals surface area contributed by atoms with Gasteiger partial charge < -0.3 is 14.3 Å². The van der Waals surface area contributed by atoms with Crippen molar-refractivity contribution in [3.05, 3.63) is 35.9 Å². The molecule has 102 valence electrons. The SMILES string of the molecule is O=C(ON1CCC2(CC1)OCCO2)c1ccccc1. The largest absolute Gasteiger partial charge is 0.364 e. The van der Waals surface area contributed by atoms with Gasteiger partial charge in [-0.05, 0) is 12.1 Å². The lowest BCUT2D eigenvalue weighted by Gasteiger charge is -2.36. The number of ether oxygens (including phenoxy) is 2. The van der Waals surface area contributed by atoms with Gasteiger partial charge in [-0.2, -0.15) is 0 Å². The summed E-state index contributed by atoms with van der Waals surface area (Å²) in [4.78, 5) is 17.3. The van der Waals surface area contributed by atoms with Crippen LogP contribution < -0.4 is 0 Å². The van der Waals surface area contributed by atoms with E-state index in [0.717, 1.165) is 12.8 Å². The highest BCUT2D eigenvalue weighted by atomic mass is 16.7. The van der Waals surface area contributed by atoms with Gasteiger partial charge in [-0.15, -0.1) is 5.06 Å². The molecule has 2 heterocycles. The van der Waals surface area contributed by atoms with Crippen LogP contribution in [-0.2, 0) is 14.3 Å². The van der Waals surface area contributed by atoms with Crippen LogP contribution >= 0.6 is 0 Å². The molecular weight excluding hydrogens is 246 g/mol. The van der Waals surface area contributed by atoms with E-state index < -0.39 is 5.79 Å². The van der Waals surface area contributed by atoms with E-state index in [4.69, 9.17) is 14.3 Å². The van der Waals surface area contributed by atoms with E-state index in [2.05, 4.69) is 0 Å². The maximum Gasteiger partial charge on any atom is 0.357 e. The van der Waals surface area contributed by atoms with Crippen LogP contribution in [0.5, 0.6) is 0 Å². The Kier molecular flexibility index (Phi) is 3.50. The third-order valence-corrected chi connectivity index (χ3v) is 3.52. The second kappa shape index (κ2) is 5.28. The molecule has 0 radical (unpaired) electrons. The van der Waals surface area contributed by atoms with Gasteiger partial charge in [0.1, 0.15) is 0 Å². The summed E-state index contributed by atoms with van der Waals surface area (Å²) in [6.45, 7) is 2.59. The Balaban J connectivity index is 1.53. The molecule has 5 heteroatoms. The van der Waals surface area contributed by atoms with Crippen LogP contribution in [0.25, 0.3) is 0 Å². The third-order valence-electron chi connectivity index (χ3n) is 3.52. The number of piperidine rings is 1. The molecule has 0 amide bonds. The zero-order valence-corrected chi connectivity index (χ0v) is 10.7. The molecule has 3 rings (SSSR count). The highest BCUT2D eigenvalue weighted by Gasteiger charge is 2.40. The molecule has 1 spiro atoms. The maximum atomic E-state index is 11.9. The number of rotatable bonds is 2. The number of hydrogen-bond acceptors (Lipinski definition) is 5. The zero-order chi connectivity index (χ0) is 13.1. The molecule has 0 N–H and O–H groups in total. The van der Waals surface area contributed by atoms with Gasteiger partial charge in [0, 0.05) is 25.9 Å². The molecule has 2 saturated heterocycles. The van der Waals surface area contributed by atoms with Gasteiger partial charge in [-0.25, -0.2) is 4.79 Å². The minimum Gasteiger partial charge on any atom is -0.364 e.